The molecule has 0 fully saturated rings. The van der Waals surface area contributed by atoms with E-state index in [9.17, 15) is 0 Å². The molecule has 0 spiro atoms. The standard InChI is InChI=1S/C21H28/c1-16(2)20(17(3)4)21(5,18-12-8-6-9-13-18)19-14-10-7-11-15-19/h6-17,20H,1-5H3. The minimum atomic E-state index is 0.0465. The monoisotopic (exact) mass is 280 g/mol. The van der Waals surface area contributed by atoms with Crippen LogP contribution in [0.1, 0.15) is 45.7 Å². The molecule has 0 radical (unpaired) electrons. The van der Waals surface area contributed by atoms with Crippen LogP contribution in [0.2, 0.25) is 0 Å². The number of hydrogen-bond acceptors (Lipinski definition) is 0. The van der Waals surface area contributed by atoms with E-state index in [1.165, 1.54) is 11.1 Å². The van der Waals surface area contributed by atoms with Crippen LogP contribution in [0.3, 0.4) is 0 Å². The second kappa shape index (κ2) is 6.47. The molecule has 2 aromatic carbocycles. The summed E-state index contributed by atoms with van der Waals surface area (Å²) in [5.74, 6) is 1.87. The lowest BCUT2D eigenvalue weighted by molar-refractivity contribution is 0.190. The van der Waals surface area contributed by atoms with Crippen molar-refractivity contribution in [2.24, 2.45) is 17.8 Å². The lowest BCUT2D eigenvalue weighted by Crippen LogP contribution is -2.39. The molecule has 0 N–H and O–H groups in total. The molecule has 0 aliphatic heterocycles. The summed E-state index contributed by atoms with van der Waals surface area (Å²) in [6.07, 6.45) is 0. The van der Waals surface area contributed by atoms with Crippen molar-refractivity contribution >= 4 is 0 Å². The van der Waals surface area contributed by atoms with E-state index in [1.807, 2.05) is 0 Å². The quantitative estimate of drug-likeness (QED) is 0.637. The van der Waals surface area contributed by atoms with E-state index in [1.54, 1.807) is 0 Å². The van der Waals surface area contributed by atoms with E-state index >= 15 is 0 Å². The molecular weight excluding hydrogens is 252 g/mol. The summed E-state index contributed by atoms with van der Waals surface area (Å²) in [7, 11) is 0. The Morgan fingerprint density at radius 1 is 0.619 bits per heavy atom. The summed E-state index contributed by atoms with van der Waals surface area (Å²) in [5.41, 5.74) is 2.89. The maximum atomic E-state index is 2.42. The van der Waals surface area contributed by atoms with Crippen LogP contribution in [-0.2, 0) is 5.41 Å². The zero-order chi connectivity index (χ0) is 15.5. The Bertz CT molecular complexity index is 489. The third-order valence-corrected chi connectivity index (χ3v) is 4.85. The van der Waals surface area contributed by atoms with Gasteiger partial charge in [-0.3, -0.25) is 0 Å². The van der Waals surface area contributed by atoms with Gasteiger partial charge in [-0.15, -0.1) is 0 Å². The minimum Gasteiger partial charge on any atom is -0.0625 e. The first kappa shape index (κ1) is 15.8. The highest BCUT2D eigenvalue weighted by Gasteiger charge is 2.40. The van der Waals surface area contributed by atoms with Crippen molar-refractivity contribution in [3.05, 3.63) is 71.8 Å². The molecule has 21 heavy (non-hydrogen) atoms. The maximum absolute atomic E-state index is 2.42. The minimum absolute atomic E-state index is 0.0465. The molecule has 0 amide bonds. The number of benzene rings is 2. The van der Waals surface area contributed by atoms with E-state index in [4.69, 9.17) is 0 Å². The fourth-order valence-electron chi connectivity index (χ4n) is 4.22. The molecule has 0 bridgehead atoms. The molecule has 0 nitrogen and oxygen atoms in total. The number of hydrogen-bond donors (Lipinski definition) is 0. The molecule has 0 saturated heterocycles. The Kier molecular flexibility index (Phi) is 4.88. The van der Waals surface area contributed by atoms with Crippen LogP contribution in [0.25, 0.3) is 0 Å². The molecule has 0 aromatic heterocycles. The van der Waals surface area contributed by atoms with Crippen molar-refractivity contribution in [1.29, 1.82) is 0 Å². The smallest absolute Gasteiger partial charge is 0.0207 e. The lowest BCUT2D eigenvalue weighted by atomic mass is 9.60. The maximum Gasteiger partial charge on any atom is 0.0207 e. The third-order valence-electron chi connectivity index (χ3n) is 4.85. The largest absolute Gasteiger partial charge is 0.0625 e. The highest BCUT2D eigenvalue weighted by Crippen LogP contribution is 2.45. The molecule has 0 heterocycles. The Balaban J connectivity index is 2.65. The zero-order valence-electron chi connectivity index (χ0n) is 14.0. The second-order valence-electron chi connectivity index (χ2n) is 6.95. The van der Waals surface area contributed by atoms with E-state index in [0.717, 1.165) is 0 Å². The van der Waals surface area contributed by atoms with Gasteiger partial charge >= 0.3 is 0 Å². The van der Waals surface area contributed by atoms with Crippen LogP contribution >= 0.6 is 0 Å². The summed E-state index contributed by atoms with van der Waals surface area (Å²) in [6, 6.07) is 22.0. The second-order valence-corrected chi connectivity index (χ2v) is 6.95. The van der Waals surface area contributed by atoms with Crippen LogP contribution in [-0.4, -0.2) is 0 Å². The zero-order valence-corrected chi connectivity index (χ0v) is 14.0. The van der Waals surface area contributed by atoms with E-state index < -0.39 is 0 Å². The van der Waals surface area contributed by atoms with Crippen LogP contribution in [0, 0.1) is 17.8 Å². The van der Waals surface area contributed by atoms with E-state index in [2.05, 4.69) is 95.3 Å². The van der Waals surface area contributed by atoms with Crippen LogP contribution in [0.15, 0.2) is 60.7 Å². The first-order valence-corrected chi connectivity index (χ1v) is 8.09. The van der Waals surface area contributed by atoms with Gasteiger partial charge in [-0.1, -0.05) is 95.3 Å². The van der Waals surface area contributed by atoms with Gasteiger partial charge in [0.05, 0.1) is 0 Å². The van der Waals surface area contributed by atoms with Crippen molar-refractivity contribution in [1.82, 2.24) is 0 Å². The summed E-state index contributed by atoms with van der Waals surface area (Å²) >= 11 is 0. The molecule has 0 heteroatoms. The predicted molar refractivity (Wildman–Crippen MR) is 92.5 cm³/mol. The van der Waals surface area contributed by atoms with Crippen molar-refractivity contribution in [2.45, 2.75) is 40.0 Å². The van der Waals surface area contributed by atoms with Gasteiger partial charge in [-0.2, -0.15) is 0 Å². The summed E-state index contributed by atoms with van der Waals surface area (Å²) in [5, 5.41) is 0. The summed E-state index contributed by atoms with van der Waals surface area (Å²) in [6.45, 7) is 11.8. The van der Waals surface area contributed by atoms with Gasteiger partial charge in [-0.25, -0.2) is 0 Å². The first-order chi connectivity index (χ1) is 9.98. The highest BCUT2D eigenvalue weighted by molar-refractivity contribution is 5.39. The SMILES string of the molecule is CC(C)C(C(C)C)C(C)(c1ccccc1)c1ccccc1. The average Bonchev–Trinajstić information content (AvgIpc) is 2.48. The Hall–Kier alpha value is -1.56. The van der Waals surface area contributed by atoms with Gasteiger partial charge in [0, 0.05) is 5.41 Å². The summed E-state index contributed by atoms with van der Waals surface area (Å²) in [4.78, 5) is 0. The Morgan fingerprint density at radius 2 is 0.952 bits per heavy atom. The molecule has 0 aliphatic carbocycles. The predicted octanol–water partition coefficient (Wildman–Crippen LogP) is 5.92. The van der Waals surface area contributed by atoms with Crippen molar-refractivity contribution in [3.8, 4) is 0 Å². The molecule has 0 atom stereocenters. The molecular formula is C21H28. The van der Waals surface area contributed by atoms with Crippen LogP contribution in [0.4, 0.5) is 0 Å². The fourth-order valence-corrected chi connectivity index (χ4v) is 4.22. The Morgan fingerprint density at radius 3 is 1.24 bits per heavy atom. The first-order valence-electron chi connectivity index (χ1n) is 8.09. The van der Waals surface area contributed by atoms with Gasteiger partial charge in [0.1, 0.15) is 0 Å². The molecule has 0 unspecified atom stereocenters. The third kappa shape index (κ3) is 3.05. The van der Waals surface area contributed by atoms with Gasteiger partial charge in [0.15, 0.2) is 0 Å². The topological polar surface area (TPSA) is 0 Å². The van der Waals surface area contributed by atoms with E-state index in [0.29, 0.717) is 17.8 Å². The molecule has 0 saturated carbocycles. The number of rotatable bonds is 5. The van der Waals surface area contributed by atoms with Gasteiger partial charge in [0.2, 0.25) is 0 Å². The average molecular weight is 280 g/mol. The van der Waals surface area contributed by atoms with Gasteiger partial charge in [0.25, 0.3) is 0 Å². The van der Waals surface area contributed by atoms with Crippen molar-refractivity contribution in [2.75, 3.05) is 0 Å². The van der Waals surface area contributed by atoms with Crippen molar-refractivity contribution in [3.63, 3.8) is 0 Å². The van der Waals surface area contributed by atoms with Gasteiger partial charge in [-0.05, 0) is 28.9 Å². The van der Waals surface area contributed by atoms with E-state index in [-0.39, 0.29) is 5.41 Å². The lowest BCUT2D eigenvalue weighted by Gasteiger charge is -2.44. The Labute approximate surface area is 130 Å². The highest BCUT2D eigenvalue weighted by atomic mass is 14.4. The van der Waals surface area contributed by atoms with Crippen molar-refractivity contribution < 1.29 is 0 Å². The van der Waals surface area contributed by atoms with Crippen LogP contribution < -0.4 is 0 Å². The van der Waals surface area contributed by atoms with Crippen LogP contribution in [0.5, 0.6) is 0 Å². The molecule has 112 valence electrons. The molecule has 2 rings (SSSR count). The summed E-state index contributed by atoms with van der Waals surface area (Å²) < 4.78 is 0. The molecule has 0 aliphatic rings. The normalized spacial score (nSPS) is 12.4. The molecule has 2 aromatic rings. The van der Waals surface area contributed by atoms with Gasteiger partial charge < -0.3 is 0 Å². The fraction of sp³-hybridized carbons (Fsp3) is 0.429.